The van der Waals surface area contributed by atoms with Crippen LogP contribution in [0.5, 0.6) is 5.75 Å². The van der Waals surface area contributed by atoms with E-state index in [-0.39, 0.29) is 23.5 Å². The van der Waals surface area contributed by atoms with Gasteiger partial charge in [0, 0.05) is 34.7 Å². The van der Waals surface area contributed by atoms with Gasteiger partial charge in [-0.2, -0.15) is 0 Å². The first-order valence-corrected chi connectivity index (χ1v) is 14.5. The van der Waals surface area contributed by atoms with Gasteiger partial charge in [-0.05, 0) is 66.2 Å². The van der Waals surface area contributed by atoms with Crippen molar-refractivity contribution in [1.29, 1.82) is 0 Å². The van der Waals surface area contributed by atoms with Gasteiger partial charge < -0.3 is 15.4 Å². The number of nitrogens with zero attached hydrogens (tertiary/aromatic N) is 2. The maximum atomic E-state index is 13.5. The van der Waals surface area contributed by atoms with Gasteiger partial charge in [0.1, 0.15) is 11.4 Å². The van der Waals surface area contributed by atoms with Gasteiger partial charge in [-0.1, -0.05) is 36.4 Å². The zero-order valence-corrected chi connectivity index (χ0v) is 24.7. The predicted molar refractivity (Wildman–Crippen MR) is 170 cm³/mol. The third-order valence-corrected chi connectivity index (χ3v) is 7.93. The first-order chi connectivity index (χ1) is 21.7. The standard InChI is InChI=1S/C33H26N4O7S/c1-44-26-16-10-21(11-17-26)18-28(35-31(39)22-6-3-2-4-7-22)32(40)34-23-8-5-9-27(19-23)45-29-20-30(38)36(33(29)41)24-12-14-25(15-13-24)37(42)43/h2-19,29H,20H2,1H3,(H,34,40)(H,35,39). The molecule has 226 valence electrons. The Morgan fingerprint density at radius 1 is 0.956 bits per heavy atom. The second kappa shape index (κ2) is 13.7. The summed E-state index contributed by atoms with van der Waals surface area (Å²) >= 11 is 1.17. The van der Waals surface area contributed by atoms with Crippen LogP contribution in [0.25, 0.3) is 6.08 Å². The predicted octanol–water partition coefficient (Wildman–Crippen LogP) is 5.44. The number of anilines is 2. The summed E-state index contributed by atoms with van der Waals surface area (Å²) in [5, 5.41) is 15.7. The van der Waals surface area contributed by atoms with Gasteiger partial charge >= 0.3 is 0 Å². The molecule has 1 saturated heterocycles. The van der Waals surface area contributed by atoms with Crippen molar-refractivity contribution >= 4 is 58.5 Å². The van der Waals surface area contributed by atoms with Crippen molar-refractivity contribution in [3.8, 4) is 5.75 Å². The fourth-order valence-corrected chi connectivity index (χ4v) is 5.62. The number of non-ortho nitro benzene ring substituents is 1. The highest BCUT2D eigenvalue weighted by Gasteiger charge is 2.40. The molecule has 0 aliphatic carbocycles. The minimum atomic E-state index is -0.727. The number of ether oxygens (including phenoxy) is 1. The number of hydrogen-bond acceptors (Lipinski definition) is 8. The average Bonchev–Trinajstić information content (AvgIpc) is 3.33. The highest BCUT2D eigenvalue weighted by Crippen LogP contribution is 2.35. The lowest BCUT2D eigenvalue weighted by atomic mass is 10.1. The van der Waals surface area contributed by atoms with Crippen LogP contribution in [0.3, 0.4) is 0 Å². The number of benzene rings is 4. The number of nitro groups is 1. The Hall–Kier alpha value is -5.75. The molecule has 1 unspecified atom stereocenters. The van der Waals surface area contributed by atoms with Crippen LogP contribution in [-0.2, 0) is 14.4 Å². The number of hydrogen-bond donors (Lipinski definition) is 2. The number of nitrogens with one attached hydrogen (secondary N) is 2. The number of imide groups is 1. The van der Waals surface area contributed by atoms with Gasteiger partial charge in [0.15, 0.2) is 0 Å². The number of carbonyl (C=O) groups is 4. The molecule has 4 aromatic rings. The molecule has 0 aromatic heterocycles. The van der Waals surface area contributed by atoms with E-state index in [0.717, 1.165) is 4.90 Å². The molecule has 45 heavy (non-hydrogen) atoms. The van der Waals surface area contributed by atoms with E-state index in [1.807, 2.05) is 0 Å². The van der Waals surface area contributed by atoms with Crippen molar-refractivity contribution < 1.29 is 28.8 Å². The molecule has 0 radical (unpaired) electrons. The van der Waals surface area contributed by atoms with Crippen LogP contribution in [0.15, 0.2) is 114 Å². The fraction of sp³-hybridized carbons (Fsp3) is 0.0909. The summed E-state index contributed by atoms with van der Waals surface area (Å²) in [6.45, 7) is 0. The normalized spacial score (nSPS) is 14.6. The lowest BCUT2D eigenvalue weighted by Gasteiger charge is -2.15. The second-order valence-corrected chi connectivity index (χ2v) is 11.1. The molecular formula is C33H26N4O7S. The quantitative estimate of drug-likeness (QED) is 0.103. The largest absolute Gasteiger partial charge is 0.497 e. The van der Waals surface area contributed by atoms with Crippen molar-refractivity contribution in [1.82, 2.24) is 5.32 Å². The molecule has 1 aliphatic rings. The molecule has 2 N–H and O–H groups in total. The molecule has 1 heterocycles. The molecule has 1 atom stereocenters. The molecule has 1 fully saturated rings. The Morgan fingerprint density at radius 2 is 1.67 bits per heavy atom. The summed E-state index contributed by atoms with van der Waals surface area (Å²) in [4.78, 5) is 64.3. The Kier molecular flexibility index (Phi) is 9.34. The maximum Gasteiger partial charge on any atom is 0.272 e. The van der Waals surface area contributed by atoms with E-state index in [2.05, 4.69) is 10.6 Å². The van der Waals surface area contributed by atoms with Crippen molar-refractivity contribution in [2.24, 2.45) is 0 Å². The van der Waals surface area contributed by atoms with E-state index in [4.69, 9.17) is 4.74 Å². The number of thioether (sulfide) groups is 1. The molecule has 0 spiro atoms. The smallest absolute Gasteiger partial charge is 0.272 e. The topological polar surface area (TPSA) is 148 Å². The van der Waals surface area contributed by atoms with Crippen molar-refractivity contribution in [2.75, 3.05) is 17.3 Å². The van der Waals surface area contributed by atoms with Crippen LogP contribution in [0, 0.1) is 10.1 Å². The molecule has 11 nitrogen and oxygen atoms in total. The molecular weight excluding hydrogens is 596 g/mol. The zero-order chi connectivity index (χ0) is 31.9. The molecule has 1 aliphatic heterocycles. The van der Waals surface area contributed by atoms with Gasteiger partial charge in [-0.3, -0.25) is 29.3 Å². The Labute approximate surface area is 262 Å². The van der Waals surface area contributed by atoms with Gasteiger partial charge in [0.25, 0.3) is 17.5 Å². The highest BCUT2D eigenvalue weighted by atomic mass is 32.2. The lowest BCUT2D eigenvalue weighted by Crippen LogP contribution is -2.31. The minimum absolute atomic E-state index is 0.00221. The molecule has 0 saturated carbocycles. The maximum absolute atomic E-state index is 13.5. The van der Waals surface area contributed by atoms with E-state index < -0.39 is 33.8 Å². The third kappa shape index (κ3) is 7.43. The number of rotatable bonds is 10. The number of methoxy groups -OCH3 is 1. The SMILES string of the molecule is COc1ccc(C=C(NC(=O)c2ccccc2)C(=O)Nc2cccc(SC3CC(=O)N(c4ccc([N+](=O)[O-])cc4)C3=O)c2)cc1. The van der Waals surface area contributed by atoms with Crippen molar-refractivity contribution in [2.45, 2.75) is 16.6 Å². The Bertz CT molecular complexity index is 1790. The van der Waals surface area contributed by atoms with Crippen LogP contribution in [0.1, 0.15) is 22.3 Å². The Morgan fingerprint density at radius 3 is 2.33 bits per heavy atom. The summed E-state index contributed by atoms with van der Waals surface area (Å²) in [7, 11) is 1.55. The van der Waals surface area contributed by atoms with E-state index in [9.17, 15) is 29.3 Å². The van der Waals surface area contributed by atoms with Crippen LogP contribution in [0.2, 0.25) is 0 Å². The number of nitro benzene ring substituents is 1. The number of amides is 4. The Balaban J connectivity index is 1.31. The lowest BCUT2D eigenvalue weighted by molar-refractivity contribution is -0.384. The van der Waals surface area contributed by atoms with Crippen molar-refractivity contribution in [3.63, 3.8) is 0 Å². The van der Waals surface area contributed by atoms with Crippen LogP contribution in [0.4, 0.5) is 17.1 Å². The summed E-state index contributed by atoms with van der Waals surface area (Å²) in [6, 6.07) is 27.4. The van der Waals surface area contributed by atoms with Crippen molar-refractivity contribution in [3.05, 3.63) is 130 Å². The molecule has 0 bridgehead atoms. The fourth-order valence-electron chi connectivity index (χ4n) is 4.51. The molecule has 5 rings (SSSR count). The number of carbonyl (C=O) groups excluding carboxylic acids is 4. The zero-order valence-electron chi connectivity index (χ0n) is 23.8. The monoisotopic (exact) mass is 622 g/mol. The molecule has 4 amide bonds. The van der Waals surface area contributed by atoms with Gasteiger partial charge in [0.2, 0.25) is 11.8 Å². The summed E-state index contributed by atoms with van der Waals surface area (Å²) < 4.78 is 5.20. The highest BCUT2D eigenvalue weighted by molar-refractivity contribution is 8.00. The van der Waals surface area contributed by atoms with Crippen LogP contribution < -0.4 is 20.3 Å². The summed E-state index contributed by atoms with van der Waals surface area (Å²) in [5.74, 6) is -1.26. The van der Waals surface area contributed by atoms with Gasteiger partial charge in [-0.25, -0.2) is 4.90 Å². The average molecular weight is 623 g/mol. The summed E-state index contributed by atoms with van der Waals surface area (Å²) in [5.41, 5.74) is 1.55. The van der Waals surface area contributed by atoms with Gasteiger partial charge in [-0.15, -0.1) is 11.8 Å². The second-order valence-electron chi connectivity index (χ2n) is 9.78. The van der Waals surface area contributed by atoms with Crippen LogP contribution in [-0.4, -0.2) is 40.9 Å². The van der Waals surface area contributed by atoms with E-state index in [0.29, 0.717) is 27.5 Å². The molecule has 4 aromatic carbocycles. The minimum Gasteiger partial charge on any atom is -0.497 e. The van der Waals surface area contributed by atoms with E-state index >= 15 is 0 Å². The van der Waals surface area contributed by atoms with Gasteiger partial charge in [0.05, 0.1) is 23.0 Å². The summed E-state index contributed by atoms with van der Waals surface area (Å²) in [6.07, 6.45) is 1.49. The van der Waals surface area contributed by atoms with E-state index in [1.165, 1.54) is 36.0 Å². The first-order valence-electron chi connectivity index (χ1n) is 13.6. The van der Waals surface area contributed by atoms with E-state index in [1.54, 1.807) is 92.0 Å². The first kappa shape index (κ1) is 30.7. The van der Waals surface area contributed by atoms with Crippen LogP contribution >= 0.6 is 11.8 Å². The molecule has 12 heteroatoms. The third-order valence-electron chi connectivity index (χ3n) is 6.75.